The molecule has 0 spiro atoms. The van der Waals surface area contributed by atoms with Crippen molar-refractivity contribution in [3.63, 3.8) is 0 Å². The molecule has 118 valence electrons. The van der Waals surface area contributed by atoms with Crippen molar-refractivity contribution in [3.05, 3.63) is 35.9 Å². The first-order valence-corrected chi connectivity index (χ1v) is 7.83. The Kier molecular flexibility index (Phi) is 8.01. The molecule has 4 N–H and O–H groups in total. The summed E-state index contributed by atoms with van der Waals surface area (Å²) < 4.78 is 5.60. The lowest BCUT2D eigenvalue weighted by atomic mass is 9.91. The number of unbranched alkanes of at least 4 members (excludes halogenated alkanes) is 5. The van der Waals surface area contributed by atoms with Crippen molar-refractivity contribution < 1.29 is 9.53 Å². The summed E-state index contributed by atoms with van der Waals surface area (Å²) in [6, 6.07) is 9.17. The van der Waals surface area contributed by atoms with Gasteiger partial charge in [-0.15, -0.1) is 0 Å². The Morgan fingerprint density at radius 1 is 1.10 bits per heavy atom. The fourth-order valence-corrected chi connectivity index (χ4v) is 2.25. The van der Waals surface area contributed by atoms with E-state index in [4.69, 9.17) is 16.2 Å². The van der Waals surface area contributed by atoms with Gasteiger partial charge in [-0.2, -0.15) is 0 Å². The molecule has 21 heavy (non-hydrogen) atoms. The Bertz CT molecular complexity index is 409. The van der Waals surface area contributed by atoms with Crippen molar-refractivity contribution in [1.29, 1.82) is 0 Å². The summed E-state index contributed by atoms with van der Waals surface area (Å²) >= 11 is 0. The van der Waals surface area contributed by atoms with Crippen molar-refractivity contribution in [2.75, 3.05) is 13.2 Å². The van der Waals surface area contributed by atoms with Gasteiger partial charge >= 0.3 is 0 Å². The smallest absolute Gasteiger partial charge is 0.244 e. The lowest BCUT2D eigenvalue weighted by Gasteiger charge is -2.26. The summed E-state index contributed by atoms with van der Waals surface area (Å²) in [7, 11) is 0. The van der Waals surface area contributed by atoms with E-state index < -0.39 is 11.4 Å². The molecule has 1 aromatic rings. The van der Waals surface area contributed by atoms with Gasteiger partial charge in [-0.3, -0.25) is 4.79 Å². The van der Waals surface area contributed by atoms with Crippen LogP contribution in [0.15, 0.2) is 30.3 Å². The third-order valence-electron chi connectivity index (χ3n) is 3.70. The zero-order valence-electron chi connectivity index (χ0n) is 13.0. The van der Waals surface area contributed by atoms with Crippen molar-refractivity contribution in [2.24, 2.45) is 11.5 Å². The molecule has 0 aliphatic rings. The van der Waals surface area contributed by atoms with E-state index >= 15 is 0 Å². The van der Waals surface area contributed by atoms with Crippen LogP contribution in [-0.2, 0) is 15.1 Å². The number of amides is 1. The third kappa shape index (κ3) is 5.86. The topological polar surface area (TPSA) is 78.3 Å². The molecule has 0 radical (unpaired) electrons. The monoisotopic (exact) mass is 292 g/mol. The van der Waals surface area contributed by atoms with Crippen LogP contribution in [0.5, 0.6) is 0 Å². The van der Waals surface area contributed by atoms with E-state index in [-0.39, 0.29) is 6.61 Å². The summed E-state index contributed by atoms with van der Waals surface area (Å²) in [5, 5.41) is 0. The van der Waals surface area contributed by atoms with Crippen molar-refractivity contribution in [1.82, 2.24) is 0 Å². The highest BCUT2D eigenvalue weighted by Gasteiger charge is 2.34. The molecular weight excluding hydrogens is 264 g/mol. The zero-order valence-corrected chi connectivity index (χ0v) is 13.0. The minimum atomic E-state index is -1.25. The van der Waals surface area contributed by atoms with Gasteiger partial charge in [-0.25, -0.2) is 0 Å². The van der Waals surface area contributed by atoms with Gasteiger partial charge in [0.1, 0.15) is 5.54 Å². The number of hydrogen-bond donors (Lipinski definition) is 2. The second-order valence-corrected chi connectivity index (χ2v) is 5.52. The fourth-order valence-electron chi connectivity index (χ4n) is 2.25. The lowest BCUT2D eigenvalue weighted by molar-refractivity contribution is -0.125. The van der Waals surface area contributed by atoms with Crippen LogP contribution in [-0.4, -0.2) is 19.1 Å². The largest absolute Gasteiger partial charge is 0.379 e. The molecule has 0 heterocycles. The molecule has 1 unspecified atom stereocenters. The van der Waals surface area contributed by atoms with Crippen molar-refractivity contribution in [2.45, 2.75) is 51.0 Å². The standard InChI is InChI=1S/C17H28N2O2/c1-2-3-4-5-6-10-13-21-14-17(19,16(18)20)15-11-8-7-9-12-15/h7-9,11-12H,2-6,10,13-14,19H2,1H3,(H2,18,20). The molecule has 0 saturated heterocycles. The normalized spacial score (nSPS) is 13.8. The van der Waals surface area contributed by atoms with Gasteiger partial charge in [0.05, 0.1) is 6.61 Å². The maximum absolute atomic E-state index is 11.7. The number of hydrogen-bond acceptors (Lipinski definition) is 3. The first-order chi connectivity index (χ1) is 10.1. The average molecular weight is 292 g/mol. The number of carbonyl (C=O) groups excluding carboxylic acids is 1. The maximum atomic E-state index is 11.7. The van der Waals surface area contributed by atoms with Crippen LogP contribution in [0.3, 0.4) is 0 Å². The highest BCUT2D eigenvalue weighted by Crippen LogP contribution is 2.18. The Hall–Kier alpha value is -1.39. The van der Waals surface area contributed by atoms with E-state index in [1.54, 1.807) is 12.1 Å². The molecule has 0 bridgehead atoms. The molecule has 0 fully saturated rings. The summed E-state index contributed by atoms with van der Waals surface area (Å²) in [6.07, 6.45) is 7.21. The predicted molar refractivity (Wildman–Crippen MR) is 85.7 cm³/mol. The highest BCUT2D eigenvalue weighted by atomic mass is 16.5. The Labute approximate surface area is 127 Å². The van der Waals surface area contributed by atoms with Crippen molar-refractivity contribution in [3.8, 4) is 0 Å². The van der Waals surface area contributed by atoms with Crippen LogP contribution in [0.25, 0.3) is 0 Å². The SMILES string of the molecule is CCCCCCCCOCC(N)(C(N)=O)c1ccccc1. The van der Waals surface area contributed by atoms with E-state index in [9.17, 15) is 4.79 Å². The van der Waals surface area contributed by atoms with Gasteiger partial charge in [-0.05, 0) is 12.0 Å². The Morgan fingerprint density at radius 3 is 2.33 bits per heavy atom. The Morgan fingerprint density at radius 2 is 1.71 bits per heavy atom. The minimum Gasteiger partial charge on any atom is -0.379 e. The molecule has 4 heteroatoms. The summed E-state index contributed by atoms with van der Waals surface area (Å²) in [4.78, 5) is 11.7. The van der Waals surface area contributed by atoms with E-state index in [1.807, 2.05) is 18.2 Å². The molecular formula is C17H28N2O2. The van der Waals surface area contributed by atoms with Crippen molar-refractivity contribution >= 4 is 5.91 Å². The quantitative estimate of drug-likeness (QED) is 0.615. The van der Waals surface area contributed by atoms with Crippen LogP contribution in [0, 0.1) is 0 Å². The van der Waals surface area contributed by atoms with Gasteiger partial charge in [0, 0.05) is 6.61 Å². The molecule has 1 amide bonds. The number of nitrogens with two attached hydrogens (primary N) is 2. The van der Waals surface area contributed by atoms with Crippen LogP contribution in [0.1, 0.15) is 51.0 Å². The number of primary amides is 1. The molecule has 0 aliphatic carbocycles. The van der Waals surface area contributed by atoms with E-state index in [0.717, 1.165) is 12.8 Å². The molecule has 0 aromatic heterocycles. The average Bonchev–Trinajstić information content (AvgIpc) is 2.50. The number of rotatable bonds is 11. The van der Waals surface area contributed by atoms with E-state index in [1.165, 1.54) is 25.7 Å². The second-order valence-electron chi connectivity index (χ2n) is 5.52. The highest BCUT2D eigenvalue weighted by molar-refractivity contribution is 5.86. The van der Waals surface area contributed by atoms with Gasteiger partial charge in [0.25, 0.3) is 0 Å². The maximum Gasteiger partial charge on any atom is 0.244 e. The lowest BCUT2D eigenvalue weighted by Crippen LogP contribution is -2.52. The number of carbonyl (C=O) groups is 1. The molecule has 1 rings (SSSR count). The number of benzene rings is 1. The van der Waals surface area contributed by atoms with Gasteiger partial charge in [0.15, 0.2) is 0 Å². The molecule has 1 aromatic carbocycles. The van der Waals surface area contributed by atoms with E-state index in [2.05, 4.69) is 6.92 Å². The van der Waals surface area contributed by atoms with Crippen LogP contribution < -0.4 is 11.5 Å². The van der Waals surface area contributed by atoms with Crippen LogP contribution in [0.4, 0.5) is 0 Å². The fraction of sp³-hybridized carbons (Fsp3) is 0.588. The zero-order chi connectivity index (χ0) is 15.6. The van der Waals surface area contributed by atoms with Gasteiger partial charge in [-0.1, -0.05) is 69.4 Å². The molecule has 1 atom stereocenters. The van der Waals surface area contributed by atoms with E-state index in [0.29, 0.717) is 12.2 Å². The first-order valence-electron chi connectivity index (χ1n) is 7.83. The number of ether oxygens (including phenoxy) is 1. The third-order valence-corrected chi connectivity index (χ3v) is 3.70. The summed E-state index contributed by atoms with van der Waals surface area (Å²) in [5.74, 6) is -0.559. The minimum absolute atomic E-state index is 0.126. The summed E-state index contributed by atoms with van der Waals surface area (Å²) in [5.41, 5.74) is 11.0. The molecule has 4 nitrogen and oxygen atoms in total. The van der Waals surface area contributed by atoms with Crippen LogP contribution >= 0.6 is 0 Å². The second kappa shape index (κ2) is 9.53. The first kappa shape index (κ1) is 17.7. The molecule has 0 saturated carbocycles. The van der Waals surface area contributed by atoms with Gasteiger partial charge in [0.2, 0.25) is 5.91 Å². The predicted octanol–water partition coefficient (Wildman–Crippen LogP) is 2.70. The van der Waals surface area contributed by atoms with Gasteiger partial charge < -0.3 is 16.2 Å². The van der Waals surface area contributed by atoms with Crippen LogP contribution in [0.2, 0.25) is 0 Å². The Balaban J connectivity index is 2.34. The summed E-state index contributed by atoms with van der Waals surface area (Å²) in [6.45, 7) is 2.95. The molecule has 0 aliphatic heterocycles.